The molecule has 0 aliphatic rings. The number of carbonyl (C=O) groups excluding carboxylic acids is 2. The van der Waals surface area contributed by atoms with Gasteiger partial charge in [-0.1, -0.05) is 30.3 Å². The van der Waals surface area contributed by atoms with Gasteiger partial charge in [-0.15, -0.1) is 0 Å². The van der Waals surface area contributed by atoms with Gasteiger partial charge in [-0.25, -0.2) is 19.0 Å². The number of rotatable bonds is 6. The molecule has 9 nitrogen and oxygen atoms in total. The summed E-state index contributed by atoms with van der Waals surface area (Å²) in [5, 5.41) is 3.01. The number of nitrogens with two attached hydrogens (primary N) is 1. The zero-order chi connectivity index (χ0) is 26.2. The lowest BCUT2D eigenvalue weighted by atomic mass is 10.0. The Kier molecular flexibility index (Phi) is 9.38. The van der Waals surface area contributed by atoms with Crippen molar-refractivity contribution in [3.63, 3.8) is 0 Å². The third-order valence-electron chi connectivity index (χ3n) is 5.17. The molecule has 3 N–H and O–H groups in total. The van der Waals surface area contributed by atoms with Crippen LogP contribution in [0.4, 0.5) is 4.39 Å². The molecule has 10 heteroatoms. The largest absolute Gasteiger partial charge is 0.464 e. The van der Waals surface area contributed by atoms with Gasteiger partial charge in [-0.3, -0.25) is 9.36 Å². The topological polar surface area (TPSA) is 126 Å². The Labute approximate surface area is 202 Å². The standard InChI is InChI=1S/C18H21N3O5.C7H8FN/c1-18(2,19-3)17-20-12(16(24)25-5)13(14(22)21(17)4)26-15(23)11-9-7-6-8-10-11;8-7-3-1-6(5-9)2-4-7/h6-10,19H,1-5H3;1-4H,5,9H2. The van der Waals surface area contributed by atoms with Gasteiger partial charge in [0.05, 0.1) is 18.2 Å². The molecule has 0 aliphatic heterocycles. The molecule has 0 saturated carbocycles. The molecule has 0 radical (unpaired) electrons. The Morgan fingerprint density at radius 3 is 2.20 bits per heavy atom. The van der Waals surface area contributed by atoms with Crippen LogP contribution in [0.2, 0.25) is 0 Å². The maximum absolute atomic E-state index is 12.8. The van der Waals surface area contributed by atoms with Crippen LogP contribution in [0, 0.1) is 5.82 Å². The van der Waals surface area contributed by atoms with Gasteiger partial charge in [0.2, 0.25) is 5.75 Å². The SMILES string of the molecule is CNC(C)(C)c1nc(C(=O)OC)c(OC(=O)c2ccccc2)c(=O)n1C.NCc1ccc(F)cc1. The van der Waals surface area contributed by atoms with E-state index in [0.717, 1.165) is 12.7 Å². The Hall–Kier alpha value is -3.89. The maximum atomic E-state index is 12.8. The highest BCUT2D eigenvalue weighted by Crippen LogP contribution is 2.21. The van der Waals surface area contributed by atoms with Crippen LogP contribution in [0.5, 0.6) is 5.75 Å². The minimum atomic E-state index is -0.869. The van der Waals surface area contributed by atoms with Gasteiger partial charge in [-0.05, 0) is 50.7 Å². The first-order valence-corrected chi connectivity index (χ1v) is 10.7. The van der Waals surface area contributed by atoms with E-state index in [9.17, 15) is 18.8 Å². The fraction of sp³-hybridized carbons (Fsp3) is 0.280. The molecule has 0 spiro atoms. The van der Waals surface area contributed by atoms with Gasteiger partial charge < -0.3 is 20.5 Å². The van der Waals surface area contributed by atoms with Crippen LogP contribution in [0.1, 0.15) is 46.1 Å². The fourth-order valence-corrected chi connectivity index (χ4v) is 2.93. The molecule has 2 aromatic carbocycles. The number of carbonyl (C=O) groups is 2. The van der Waals surface area contributed by atoms with Crippen LogP contribution in [-0.4, -0.2) is 35.6 Å². The molecule has 0 fully saturated rings. The quantitative estimate of drug-likeness (QED) is 0.512. The number of halogens is 1. The van der Waals surface area contributed by atoms with E-state index in [1.165, 1.54) is 35.9 Å². The Bertz CT molecular complexity index is 1230. The zero-order valence-electron chi connectivity index (χ0n) is 20.3. The van der Waals surface area contributed by atoms with E-state index in [-0.39, 0.29) is 17.1 Å². The fourth-order valence-electron chi connectivity index (χ4n) is 2.93. The summed E-state index contributed by atoms with van der Waals surface area (Å²) in [5.74, 6) is -2.03. The molecule has 1 heterocycles. The smallest absolute Gasteiger partial charge is 0.360 e. The van der Waals surface area contributed by atoms with Crippen LogP contribution in [0.25, 0.3) is 0 Å². The Morgan fingerprint density at radius 2 is 1.69 bits per heavy atom. The first-order valence-electron chi connectivity index (χ1n) is 10.7. The van der Waals surface area contributed by atoms with E-state index in [1.807, 2.05) is 0 Å². The summed E-state index contributed by atoms with van der Waals surface area (Å²) in [5.41, 5.74) is 4.75. The van der Waals surface area contributed by atoms with Gasteiger partial charge in [0.1, 0.15) is 11.6 Å². The predicted octanol–water partition coefficient (Wildman–Crippen LogP) is 2.53. The van der Waals surface area contributed by atoms with Crippen LogP contribution in [0.3, 0.4) is 0 Å². The molecule has 0 bridgehead atoms. The summed E-state index contributed by atoms with van der Waals surface area (Å²) in [6, 6.07) is 14.3. The average molecular weight is 485 g/mol. The number of methoxy groups -OCH3 is 1. The van der Waals surface area contributed by atoms with Crippen molar-refractivity contribution in [1.29, 1.82) is 0 Å². The molecule has 0 saturated heterocycles. The van der Waals surface area contributed by atoms with Gasteiger partial charge in [0.25, 0.3) is 5.56 Å². The van der Waals surface area contributed by atoms with Crippen LogP contribution in [-0.2, 0) is 23.9 Å². The number of nitrogens with zero attached hydrogens (tertiary/aromatic N) is 2. The lowest BCUT2D eigenvalue weighted by Crippen LogP contribution is -2.41. The Morgan fingerprint density at radius 1 is 1.09 bits per heavy atom. The molecule has 0 atom stereocenters. The number of hydrogen-bond acceptors (Lipinski definition) is 8. The van der Waals surface area contributed by atoms with Gasteiger partial charge in [-0.2, -0.15) is 0 Å². The summed E-state index contributed by atoms with van der Waals surface area (Å²) < 4.78 is 23.3. The summed E-state index contributed by atoms with van der Waals surface area (Å²) in [4.78, 5) is 41.5. The minimum Gasteiger partial charge on any atom is -0.464 e. The first-order chi connectivity index (χ1) is 16.5. The number of nitrogens with one attached hydrogen (secondary N) is 1. The highest BCUT2D eigenvalue weighted by Gasteiger charge is 2.30. The van der Waals surface area contributed by atoms with Crippen molar-refractivity contribution in [2.75, 3.05) is 14.2 Å². The highest BCUT2D eigenvalue weighted by atomic mass is 19.1. The lowest BCUT2D eigenvalue weighted by Gasteiger charge is -2.26. The van der Waals surface area contributed by atoms with Crippen molar-refractivity contribution in [3.8, 4) is 5.75 Å². The van der Waals surface area contributed by atoms with E-state index >= 15 is 0 Å². The van der Waals surface area contributed by atoms with E-state index in [4.69, 9.17) is 15.2 Å². The van der Waals surface area contributed by atoms with E-state index in [2.05, 4.69) is 10.3 Å². The third kappa shape index (κ3) is 6.81. The van der Waals surface area contributed by atoms with Crippen LogP contribution >= 0.6 is 0 Å². The van der Waals surface area contributed by atoms with Crippen molar-refractivity contribution in [2.24, 2.45) is 12.8 Å². The number of benzene rings is 2. The second-order valence-corrected chi connectivity index (χ2v) is 7.93. The van der Waals surface area contributed by atoms with Gasteiger partial charge >= 0.3 is 11.9 Å². The third-order valence-corrected chi connectivity index (χ3v) is 5.17. The molecule has 3 rings (SSSR count). The molecule has 1 aromatic heterocycles. The molecule has 0 aliphatic carbocycles. The van der Waals surface area contributed by atoms with Crippen molar-refractivity contribution in [3.05, 3.63) is 93.4 Å². The normalized spacial score (nSPS) is 10.7. The van der Waals surface area contributed by atoms with Crippen molar-refractivity contribution in [1.82, 2.24) is 14.9 Å². The van der Waals surface area contributed by atoms with Crippen molar-refractivity contribution < 1.29 is 23.5 Å². The summed E-state index contributed by atoms with van der Waals surface area (Å²) >= 11 is 0. The number of hydrogen-bond donors (Lipinski definition) is 2. The molecular weight excluding hydrogens is 455 g/mol. The number of aromatic nitrogens is 2. The maximum Gasteiger partial charge on any atom is 0.360 e. The number of ether oxygens (including phenoxy) is 2. The van der Waals surface area contributed by atoms with E-state index < -0.39 is 28.8 Å². The van der Waals surface area contributed by atoms with Gasteiger partial charge in [0, 0.05) is 13.6 Å². The van der Waals surface area contributed by atoms with Gasteiger partial charge in [0.15, 0.2) is 5.69 Å². The molecule has 35 heavy (non-hydrogen) atoms. The van der Waals surface area contributed by atoms with Crippen molar-refractivity contribution in [2.45, 2.75) is 25.9 Å². The lowest BCUT2D eigenvalue weighted by molar-refractivity contribution is 0.0583. The molecule has 3 aromatic rings. The molecular formula is C25H29FN4O5. The highest BCUT2D eigenvalue weighted by molar-refractivity contribution is 5.94. The second-order valence-electron chi connectivity index (χ2n) is 7.93. The summed E-state index contributed by atoms with van der Waals surface area (Å²) in [6.45, 7) is 4.07. The molecule has 0 unspecified atom stereocenters. The monoisotopic (exact) mass is 484 g/mol. The van der Waals surface area contributed by atoms with Crippen LogP contribution < -0.4 is 21.3 Å². The second kappa shape index (κ2) is 12.0. The predicted molar refractivity (Wildman–Crippen MR) is 129 cm³/mol. The zero-order valence-corrected chi connectivity index (χ0v) is 20.3. The molecule has 0 amide bonds. The minimum absolute atomic E-state index is 0.216. The van der Waals surface area contributed by atoms with E-state index in [0.29, 0.717) is 12.4 Å². The van der Waals surface area contributed by atoms with E-state index in [1.54, 1.807) is 51.2 Å². The molecule has 186 valence electrons. The summed E-state index contributed by atoms with van der Waals surface area (Å²) in [6.07, 6.45) is 0. The van der Waals surface area contributed by atoms with Crippen molar-refractivity contribution >= 4 is 11.9 Å². The Balaban J connectivity index is 0.000000402. The average Bonchev–Trinajstić information content (AvgIpc) is 2.87. The first kappa shape index (κ1) is 27.4. The van der Waals surface area contributed by atoms with Crippen LogP contribution in [0.15, 0.2) is 59.4 Å². The number of esters is 2. The summed E-state index contributed by atoms with van der Waals surface area (Å²) in [7, 11) is 4.35.